The predicted molar refractivity (Wildman–Crippen MR) is 70.6 cm³/mol. The van der Waals surface area contributed by atoms with Crippen LogP contribution in [0.2, 0.25) is 0 Å². The average Bonchev–Trinajstić information content (AvgIpc) is 2.29. The fraction of sp³-hybridized carbons (Fsp3) is 0.692. The van der Waals surface area contributed by atoms with Crippen LogP contribution in [0.3, 0.4) is 0 Å². The smallest absolute Gasteiger partial charge is 0.221 e. The first-order chi connectivity index (χ1) is 8.08. The molecule has 0 amide bonds. The molecule has 1 heterocycles. The Balaban J connectivity index is 2.96. The number of anilines is 1. The third-order valence-electron chi connectivity index (χ3n) is 2.41. The van der Waals surface area contributed by atoms with E-state index < -0.39 is 0 Å². The summed E-state index contributed by atoms with van der Waals surface area (Å²) in [6, 6.07) is 0. The normalized spacial score (nSPS) is 10.7. The van der Waals surface area contributed by atoms with E-state index in [0.29, 0.717) is 18.4 Å². The summed E-state index contributed by atoms with van der Waals surface area (Å²) in [4.78, 5) is 8.94. The first-order valence-corrected chi connectivity index (χ1v) is 6.26. The fourth-order valence-corrected chi connectivity index (χ4v) is 1.51. The van der Waals surface area contributed by atoms with Gasteiger partial charge in [-0.15, -0.1) is 0 Å². The van der Waals surface area contributed by atoms with Gasteiger partial charge in [0.05, 0.1) is 12.2 Å². The molecule has 0 aliphatic rings. The molecular formula is C13H23N3O. The Morgan fingerprint density at radius 3 is 2.53 bits per heavy atom. The number of hydrogen-bond acceptors (Lipinski definition) is 4. The lowest BCUT2D eigenvalue weighted by atomic mass is 10.2. The number of aromatic nitrogens is 2. The summed E-state index contributed by atoms with van der Waals surface area (Å²) >= 11 is 0. The van der Waals surface area contributed by atoms with Crippen molar-refractivity contribution in [2.75, 3.05) is 19.0 Å². The van der Waals surface area contributed by atoms with E-state index in [-0.39, 0.29) is 0 Å². The van der Waals surface area contributed by atoms with Gasteiger partial charge in [-0.2, -0.15) is 4.98 Å². The van der Waals surface area contributed by atoms with Gasteiger partial charge < -0.3 is 10.1 Å². The van der Waals surface area contributed by atoms with E-state index in [0.717, 1.165) is 30.0 Å². The topological polar surface area (TPSA) is 47.0 Å². The van der Waals surface area contributed by atoms with E-state index in [1.165, 1.54) is 0 Å². The molecule has 0 fully saturated rings. The summed E-state index contributed by atoms with van der Waals surface area (Å²) in [5, 5.41) is 3.09. The lowest BCUT2D eigenvalue weighted by molar-refractivity contribution is 0.258. The highest BCUT2D eigenvalue weighted by atomic mass is 16.5. The molecule has 0 aromatic carbocycles. The molecule has 0 saturated heterocycles. The molecule has 4 nitrogen and oxygen atoms in total. The van der Waals surface area contributed by atoms with Crippen molar-refractivity contribution >= 4 is 5.82 Å². The molecule has 1 rings (SSSR count). The van der Waals surface area contributed by atoms with Gasteiger partial charge in [0.25, 0.3) is 0 Å². The van der Waals surface area contributed by atoms with Gasteiger partial charge in [0.1, 0.15) is 11.6 Å². The van der Waals surface area contributed by atoms with Crippen LogP contribution in [-0.2, 0) is 6.42 Å². The fourth-order valence-electron chi connectivity index (χ4n) is 1.51. The van der Waals surface area contributed by atoms with Crippen molar-refractivity contribution in [2.24, 2.45) is 5.92 Å². The number of aryl methyl sites for hydroxylation is 1. The molecule has 1 N–H and O–H groups in total. The van der Waals surface area contributed by atoms with Crippen molar-refractivity contribution in [3.8, 4) is 5.88 Å². The van der Waals surface area contributed by atoms with E-state index in [4.69, 9.17) is 4.74 Å². The van der Waals surface area contributed by atoms with Gasteiger partial charge in [0.2, 0.25) is 5.88 Å². The van der Waals surface area contributed by atoms with Crippen molar-refractivity contribution in [2.45, 2.75) is 40.5 Å². The van der Waals surface area contributed by atoms with E-state index in [1.807, 2.05) is 14.0 Å². The number of rotatable bonds is 6. The van der Waals surface area contributed by atoms with E-state index in [1.54, 1.807) is 0 Å². The lowest BCUT2D eigenvalue weighted by Crippen LogP contribution is -2.10. The van der Waals surface area contributed by atoms with Crippen LogP contribution in [0, 0.1) is 12.8 Å². The van der Waals surface area contributed by atoms with Crippen LogP contribution in [0.5, 0.6) is 5.88 Å². The van der Waals surface area contributed by atoms with Crippen molar-refractivity contribution in [3.63, 3.8) is 0 Å². The maximum Gasteiger partial charge on any atom is 0.221 e. The van der Waals surface area contributed by atoms with Crippen molar-refractivity contribution in [1.29, 1.82) is 0 Å². The Kier molecular flexibility index (Phi) is 5.19. The minimum Gasteiger partial charge on any atom is -0.477 e. The monoisotopic (exact) mass is 237 g/mol. The summed E-state index contributed by atoms with van der Waals surface area (Å²) in [5.41, 5.74) is 0.980. The molecule has 0 unspecified atom stereocenters. The second-order valence-electron chi connectivity index (χ2n) is 4.62. The Morgan fingerprint density at radius 2 is 2.00 bits per heavy atom. The molecule has 0 atom stereocenters. The van der Waals surface area contributed by atoms with Crippen LogP contribution in [0.15, 0.2) is 0 Å². The zero-order valence-electron chi connectivity index (χ0n) is 11.5. The molecule has 4 heteroatoms. The lowest BCUT2D eigenvalue weighted by Gasteiger charge is -2.14. The van der Waals surface area contributed by atoms with E-state index in [9.17, 15) is 0 Å². The van der Waals surface area contributed by atoms with Crippen LogP contribution >= 0.6 is 0 Å². The van der Waals surface area contributed by atoms with Crippen LogP contribution in [0.25, 0.3) is 0 Å². The number of ether oxygens (including phenoxy) is 1. The van der Waals surface area contributed by atoms with Crippen molar-refractivity contribution in [1.82, 2.24) is 9.97 Å². The highest BCUT2D eigenvalue weighted by molar-refractivity contribution is 5.48. The summed E-state index contributed by atoms with van der Waals surface area (Å²) in [7, 11) is 1.87. The Morgan fingerprint density at radius 1 is 1.29 bits per heavy atom. The maximum atomic E-state index is 5.74. The molecular weight excluding hydrogens is 214 g/mol. The number of nitrogens with zero attached hydrogens (tertiary/aromatic N) is 2. The molecule has 0 aliphatic heterocycles. The quantitative estimate of drug-likeness (QED) is 0.826. The second kappa shape index (κ2) is 6.42. The Labute approximate surface area is 104 Å². The molecule has 0 aliphatic carbocycles. The number of nitrogens with one attached hydrogen (secondary N) is 1. The largest absolute Gasteiger partial charge is 0.477 e. The van der Waals surface area contributed by atoms with Crippen molar-refractivity contribution < 1.29 is 4.74 Å². The molecule has 1 aromatic rings. The van der Waals surface area contributed by atoms with Crippen molar-refractivity contribution in [3.05, 3.63) is 11.4 Å². The van der Waals surface area contributed by atoms with Gasteiger partial charge in [-0.1, -0.05) is 20.8 Å². The second-order valence-corrected chi connectivity index (χ2v) is 4.62. The van der Waals surface area contributed by atoms with Crippen LogP contribution in [0.1, 0.15) is 38.6 Å². The summed E-state index contributed by atoms with van der Waals surface area (Å²) in [6.07, 6.45) is 1.92. The van der Waals surface area contributed by atoms with Crippen LogP contribution < -0.4 is 10.1 Å². The van der Waals surface area contributed by atoms with Crippen LogP contribution in [-0.4, -0.2) is 23.6 Å². The minimum absolute atomic E-state index is 0.497. The summed E-state index contributed by atoms with van der Waals surface area (Å²) in [6.45, 7) is 9.05. The maximum absolute atomic E-state index is 5.74. The van der Waals surface area contributed by atoms with Gasteiger partial charge in [-0.25, -0.2) is 4.98 Å². The Hall–Kier alpha value is -1.32. The molecule has 0 bridgehead atoms. The molecule has 96 valence electrons. The highest BCUT2D eigenvalue weighted by Crippen LogP contribution is 2.22. The third kappa shape index (κ3) is 3.88. The van der Waals surface area contributed by atoms with E-state index >= 15 is 0 Å². The Bertz CT molecular complexity index is 364. The molecule has 0 saturated carbocycles. The average molecular weight is 237 g/mol. The highest BCUT2D eigenvalue weighted by Gasteiger charge is 2.11. The molecule has 0 spiro atoms. The van der Waals surface area contributed by atoms with E-state index in [2.05, 4.69) is 36.1 Å². The zero-order chi connectivity index (χ0) is 12.8. The first-order valence-electron chi connectivity index (χ1n) is 6.26. The molecule has 0 radical (unpaired) electrons. The SMILES string of the molecule is CCCc1nc(NC)c(C)c(OCC(C)C)n1. The first kappa shape index (κ1) is 13.7. The van der Waals surface area contributed by atoms with Gasteiger partial charge in [-0.05, 0) is 19.3 Å². The minimum atomic E-state index is 0.497. The van der Waals surface area contributed by atoms with Gasteiger partial charge in [-0.3, -0.25) is 0 Å². The molecule has 1 aromatic heterocycles. The standard InChI is InChI=1S/C13H23N3O/c1-6-7-11-15-12(14-5)10(4)13(16-11)17-8-9(2)3/h9H,6-8H2,1-5H3,(H,14,15,16). The third-order valence-corrected chi connectivity index (χ3v) is 2.41. The zero-order valence-corrected chi connectivity index (χ0v) is 11.5. The molecule has 17 heavy (non-hydrogen) atoms. The summed E-state index contributed by atoms with van der Waals surface area (Å²) < 4.78 is 5.74. The predicted octanol–water partition coefficient (Wildman–Crippen LogP) is 2.81. The van der Waals surface area contributed by atoms with Gasteiger partial charge in [0, 0.05) is 13.5 Å². The number of hydrogen-bond donors (Lipinski definition) is 1. The van der Waals surface area contributed by atoms with Gasteiger partial charge in [0.15, 0.2) is 0 Å². The summed E-state index contributed by atoms with van der Waals surface area (Å²) in [5.74, 6) is 2.92. The van der Waals surface area contributed by atoms with Crippen LogP contribution in [0.4, 0.5) is 5.82 Å². The van der Waals surface area contributed by atoms with Gasteiger partial charge >= 0.3 is 0 Å².